The van der Waals surface area contributed by atoms with Crippen LogP contribution in [0.1, 0.15) is 10.6 Å². The van der Waals surface area contributed by atoms with Gasteiger partial charge in [0.15, 0.2) is 0 Å². The maximum atomic E-state index is 13.2. The first-order chi connectivity index (χ1) is 14.5. The van der Waals surface area contributed by atoms with Gasteiger partial charge in [0.05, 0.1) is 24.9 Å². The maximum Gasteiger partial charge on any atom is 0.291 e. The second kappa shape index (κ2) is 7.35. The Morgan fingerprint density at radius 2 is 1.87 bits per heavy atom. The number of furan rings is 1. The molecule has 0 unspecified atom stereocenters. The van der Waals surface area contributed by atoms with E-state index in [4.69, 9.17) is 9.15 Å². The van der Waals surface area contributed by atoms with Gasteiger partial charge in [0.2, 0.25) is 5.76 Å². The lowest BCUT2D eigenvalue weighted by Gasteiger charge is -2.26. The van der Waals surface area contributed by atoms with E-state index in [-0.39, 0.29) is 27.8 Å². The Morgan fingerprint density at radius 3 is 2.70 bits per heavy atom. The lowest BCUT2D eigenvalue weighted by molar-refractivity contribution is 0.0285. The van der Waals surface area contributed by atoms with Gasteiger partial charge in [0.25, 0.3) is 15.9 Å². The summed E-state index contributed by atoms with van der Waals surface area (Å²) in [5.41, 5.74) is 1.30. The van der Waals surface area contributed by atoms with Gasteiger partial charge in [-0.2, -0.15) is 8.75 Å². The lowest BCUT2D eigenvalue weighted by atomic mass is 10.2. The molecule has 3 heterocycles. The lowest BCUT2D eigenvalue weighted by Crippen LogP contribution is -2.40. The van der Waals surface area contributed by atoms with Crippen LogP contribution in [0.3, 0.4) is 0 Å². The Labute approximate surface area is 175 Å². The Bertz CT molecular complexity index is 1360. The third-order valence-corrected chi connectivity index (χ3v) is 6.79. The minimum absolute atomic E-state index is 0.0104. The number of ether oxygens (including phenoxy) is 1. The van der Waals surface area contributed by atoms with Crippen LogP contribution in [0.25, 0.3) is 22.0 Å². The summed E-state index contributed by atoms with van der Waals surface area (Å²) in [6.45, 7) is 1.66. The number of para-hydroxylation sites is 1. The fourth-order valence-corrected chi connectivity index (χ4v) is 5.25. The summed E-state index contributed by atoms with van der Waals surface area (Å²) >= 11 is 0.937. The first-order valence-electron chi connectivity index (χ1n) is 9.17. The first-order valence-corrected chi connectivity index (χ1v) is 11.4. The normalized spacial score (nSPS) is 15.0. The molecule has 1 aliphatic heterocycles. The molecule has 0 radical (unpaired) electrons. The molecule has 0 atom stereocenters. The predicted molar refractivity (Wildman–Crippen MR) is 111 cm³/mol. The number of fused-ring (bicyclic) bond motifs is 2. The van der Waals surface area contributed by atoms with Gasteiger partial charge in [-0.05, 0) is 24.3 Å². The predicted octanol–water partition coefficient (Wildman–Crippen LogP) is 2.71. The van der Waals surface area contributed by atoms with Crippen molar-refractivity contribution in [1.29, 1.82) is 0 Å². The summed E-state index contributed by atoms with van der Waals surface area (Å²) in [6, 6.07) is 11.7. The van der Waals surface area contributed by atoms with E-state index in [0.29, 0.717) is 42.8 Å². The van der Waals surface area contributed by atoms with Crippen LogP contribution in [0, 0.1) is 0 Å². The van der Waals surface area contributed by atoms with Crippen molar-refractivity contribution in [3.8, 4) is 0 Å². The number of morpholine rings is 1. The molecule has 1 amide bonds. The van der Waals surface area contributed by atoms with Crippen molar-refractivity contribution in [2.75, 3.05) is 31.0 Å². The van der Waals surface area contributed by atoms with Crippen LogP contribution in [0.2, 0.25) is 0 Å². The van der Waals surface area contributed by atoms with Gasteiger partial charge in [-0.1, -0.05) is 18.2 Å². The van der Waals surface area contributed by atoms with Crippen LogP contribution in [0.5, 0.6) is 0 Å². The van der Waals surface area contributed by atoms with E-state index in [1.165, 1.54) is 6.07 Å². The summed E-state index contributed by atoms with van der Waals surface area (Å²) in [6.07, 6.45) is 0. The number of rotatable bonds is 4. The second-order valence-electron chi connectivity index (χ2n) is 6.70. The van der Waals surface area contributed by atoms with E-state index in [2.05, 4.69) is 13.5 Å². The fourth-order valence-electron chi connectivity index (χ4n) is 3.40. The highest BCUT2D eigenvalue weighted by Crippen LogP contribution is 2.34. The summed E-state index contributed by atoms with van der Waals surface area (Å²) in [5, 5.41) is 0.501. The van der Waals surface area contributed by atoms with Crippen molar-refractivity contribution in [2.45, 2.75) is 4.90 Å². The van der Waals surface area contributed by atoms with Crippen molar-refractivity contribution in [3.05, 3.63) is 48.2 Å². The smallest absolute Gasteiger partial charge is 0.291 e. The zero-order valence-electron chi connectivity index (χ0n) is 15.6. The number of aromatic nitrogens is 2. The van der Waals surface area contributed by atoms with Crippen molar-refractivity contribution >= 4 is 55.3 Å². The molecular formula is C19H16N4O5S2. The Morgan fingerprint density at radius 1 is 1.07 bits per heavy atom. The minimum atomic E-state index is -4.06. The number of hydrogen-bond donors (Lipinski definition) is 1. The van der Waals surface area contributed by atoms with E-state index in [1.807, 2.05) is 0 Å². The second-order valence-corrected chi connectivity index (χ2v) is 8.88. The van der Waals surface area contributed by atoms with Crippen molar-refractivity contribution < 1.29 is 22.4 Å². The number of nitrogens with zero attached hydrogens (tertiary/aromatic N) is 3. The third-order valence-electron chi connectivity index (χ3n) is 4.86. The summed E-state index contributed by atoms with van der Waals surface area (Å²) in [7, 11) is -4.06. The molecule has 154 valence electrons. The summed E-state index contributed by atoms with van der Waals surface area (Å²) in [4.78, 5) is 14.7. The number of carbonyl (C=O) groups is 1. The molecule has 11 heteroatoms. The molecule has 30 heavy (non-hydrogen) atoms. The van der Waals surface area contributed by atoms with Crippen LogP contribution in [0.15, 0.2) is 51.8 Å². The van der Waals surface area contributed by atoms with Gasteiger partial charge in [0, 0.05) is 18.5 Å². The molecule has 0 bridgehead atoms. The van der Waals surface area contributed by atoms with Gasteiger partial charge in [-0.25, -0.2) is 8.42 Å². The molecule has 0 aliphatic carbocycles. The zero-order valence-corrected chi connectivity index (χ0v) is 17.2. The average Bonchev–Trinajstić information content (AvgIpc) is 3.38. The van der Waals surface area contributed by atoms with Gasteiger partial charge >= 0.3 is 0 Å². The zero-order chi connectivity index (χ0) is 20.7. The Hall–Kier alpha value is -3.02. The Balaban J connectivity index is 1.61. The Kier molecular flexibility index (Phi) is 4.65. The molecule has 4 aromatic rings. The van der Waals surface area contributed by atoms with Crippen LogP contribution >= 0.6 is 11.7 Å². The molecule has 0 saturated carbocycles. The van der Waals surface area contributed by atoms with E-state index in [1.54, 1.807) is 41.3 Å². The van der Waals surface area contributed by atoms with E-state index in [0.717, 1.165) is 11.7 Å². The molecular weight excluding hydrogens is 428 g/mol. The number of carbonyl (C=O) groups excluding carboxylic acids is 1. The van der Waals surface area contributed by atoms with E-state index < -0.39 is 10.0 Å². The molecule has 5 rings (SSSR count). The molecule has 9 nitrogen and oxygen atoms in total. The average molecular weight is 444 g/mol. The molecule has 1 saturated heterocycles. The van der Waals surface area contributed by atoms with Crippen molar-refractivity contribution in [3.63, 3.8) is 0 Å². The van der Waals surface area contributed by atoms with Gasteiger partial charge in [-0.15, -0.1) is 0 Å². The number of sulfonamides is 1. The van der Waals surface area contributed by atoms with Crippen molar-refractivity contribution in [1.82, 2.24) is 13.6 Å². The third kappa shape index (κ3) is 3.20. The molecule has 0 spiro atoms. The van der Waals surface area contributed by atoms with Gasteiger partial charge < -0.3 is 14.1 Å². The SMILES string of the molecule is O=C(c1oc2ccccc2c1NS(=O)(=O)c1cccc2nsnc12)N1CCOCC1. The highest BCUT2D eigenvalue weighted by Gasteiger charge is 2.30. The van der Waals surface area contributed by atoms with Gasteiger partial charge in [0.1, 0.15) is 27.2 Å². The first kappa shape index (κ1) is 19.0. The van der Waals surface area contributed by atoms with E-state index >= 15 is 0 Å². The fraction of sp³-hybridized carbons (Fsp3) is 0.211. The highest BCUT2D eigenvalue weighted by molar-refractivity contribution is 7.93. The number of hydrogen-bond acceptors (Lipinski definition) is 8. The van der Waals surface area contributed by atoms with E-state index in [9.17, 15) is 13.2 Å². The summed E-state index contributed by atoms with van der Waals surface area (Å²) in [5.74, 6) is -0.439. The number of amides is 1. The molecule has 1 aliphatic rings. The standard InChI is InChI=1S/C19H16N4O5S2/c24-19(23-8-10-27-11-9-23)18-16(12-4-1-2-6-14(12)28-18)22-30(25,26)15-7-3-5-13-17(15)21-29-20-13/h1-7,22H,8-11H2. The molecule has 1 N–H and O–H groups in total. The van der Waals surface area contributed by atoms with Gasteiger partial charge in [-0.3, -0.25) is 9.52 Å². The topological polar surface area (TPSA) is 115 Å². The van der Waals surface area contributed by atoms with Crippen LogP contribution in [0.4, 0.5) is 5.69 Å². The van der Waals surface area contributed by atoms with Crippen LogP contribution in [-0.4, -0.2) is 54.3 Å². The molecule has 2 aromatic heterocycles. The minimum Gasteiger partial charge on any atom is -0.449 e. The number of anilines is 1. The van der Waals surface area contributed by atoms with Crippen LogP contribution < -0.4 is 4.72 Å². The largest absolute Gasteiger partial charge is 0.449 e. The quantitative estimate of drug-likeness (QED) is 0.515. The van der Waals surface area contributed by atoms with Crippen molar-refractivity contribution in [2.24, 2.45) is 0 Å². The number of benzene rings is 2. The van der Waals surface area contributed by atoms with Crippen LogP contribution in [-0.2, 0) is 14.8 Å². The maximum absolute atomic E-state index is 13.2. The highest BCUT2D eigenvalue weighted by atomic mass is 32.2. The molecule has 2 aromatic carbocycles. The monoisotopic (exact) mass is 444 g/mol. The number of nitrogens with one attached hydrogen (secondary N) is 1. The summed E-state index contributed by atoms with van der Waals surface area (Å²) < 4.78 is 48.3. The molecule has 1 fully saturated rings.